The second kappa shape index (κ2) is 2.81. The van der Waals surface area contributed by atoms with Crippen LogP contribution < -0.4 is 0 Å². The van der Waals surface area contributed by atoms with Gasteiger partial charge in [0.1, 0.15) is 0 Å². The smallest absolute Gasteiger partial charge is 0.258 e. The Morgan fingerprint density at radius 2 is 2.36 bits per heavy atom. The van der Waals surface area contributed by atoms with E-state index in [4.69, 9.17) is 6.42 Å². The molecular weight excluding hydrogens is 166 g/mol. The Hall–Kier alpha value is -0.570. The molecule has 1 unspecified atom stereocenters. The van der Waals surface area contributed by atoms with Gasteiger partial charge in [0.05, 0.1) is 12.6 Å². The van der Waals surface area contributed by atoms with Gasteiger partial charge in [-0.2, -0.15) is 12.7 Å². The predicted molar refractivity (Wildman–Crippen MR) is 39.9 cm³/mol. The van der Waals surface area contributed by atoms with Crippen LogP contribution in [0.2, 0.25) is 0 Å². The zero-order valence-corrected chi connectivity index (χ0v) is 6.97. The van der Waals surface area contributed by atoms with Crippen LogP contribution in [0.15, 0.2) is 0 Å². The minimum atomic E-state index is -3.53. The van der Waals surface area contributed by atoms with Gasteiger partial charge in [0.15, 0.2) is 0 Å². The maximum absolute atomic E-state index is 11.0. The van der Waals surface area contributed by atoms with Gasteiger partial charge in [0.25, 0.3) is 0 Å². The molecular formula is C6H9NO3S. The van der Waals surface area contributed by atoms with Crippen LogP contribution in [0.3, 0.4) is 0 Å². The third kappa shape index (κ3) is 1.53. The highest BCUT2D eigenvalue weighted by Gasteiger charge is 2.30. The van der Waals surface area contributed by atoms with Crippen molar-refractivity contribution < 1.29 is 12.6 Å². The van der Waals surface area contributed by atoms with Crippen LogP contribution in [-0.4, -0.2) is 32.4 Å². The van der Waals surface area contributed by atoms with Crippen LogP contribution >= 0.6 is 0 Å². The summed E-state index contributed by atoms with van der Waals surface area (Å²) in [6.07, 6.45) is 5.66. The van der Waals surface area contributed by atoms with Gasteiger partial charge in [-0.3, -0.25) is 4.18 Å². The van der Waals surface area contributed by atoms with Crippen LogP contribution in [-0.2, 0) is 14.5 Å². The zero-order valence-electron chi connectivity index (χ0n) is 6.15. The molecule has 0 N–H and O–H groups in total. The van der Waals surface area contributed by atoms with Crippen LogP contribution in [0.1, 0.15) is 6.42 Å². The molecule has 0 saturated carbocycles. The quantitative estimate of drug-likeness (QED) is 0.470. The van der Waals surface area contributed by atoms with Crippen molar-refractivity contribution in [3.05, 3.63) is 0 Å². The maximum atomic E-state index is 11.0. The number of terminal acetylenes is 1. The summed E-state index contributed by atoms with van der Waals surface area (Å²) in [7, 11) is -2.12. The Morgan fingerprint density at radius 1 is 1.73 bits per heavy atom. The summed E-state index contributed by atoms with van der Waals surface area (Å²) < 4.78 is 27.5. The summed E-state index contributed by atoms with van der Waals surface area (Å²) in [6.45, 7) is 0.182. The Morgan fingerprint density at radius 3 is 2.82 bits per heavy atom. The summed E-state index contributed by atoms with van der Waals surface area (Å²) in [4.78, 5) is 0. The van der Waals surface area contributed by atoms with Crippen molar-refractivity contribution >= 4 is 10.3 Å². The summed E-state index contributed by atoms with van der Waals surface area (Å²) in [5, 5.41) is 0. The van der Waals surface area contributed by atoms with Crippen LogP contribution in [0.4, 0.5) is 0 Å². The van der Waals surface area contributed by atoms with Crippen LogP contribution in [0.25, 0.3) is 0 Å². The Kier molecular flexibility index (Phi) is 2.18. The molecule has 0 spiro atoms. The second-order valence-corrected chi connectivity index (χ2v) is 3.93. The molecule has 1 rings (SSSR count). The van der Waals surface area contributed by atoms with E-state index in [9.17, 15) is 8.42 Å². The number of nitrogens with zero attached hydrogens (tertiary/aromatic N) is 1. The van der Waals surface area contributed by atoms with Crippen molar-refractivity contribution in [3.8, 4) is 12.3 Å². The minimum absolute atomic E-state index is 0.182. The number of hydrogen-bond donors (Lipinski definition) is 0. The molecule has 1 aliphatic heterocycles. The van der Waals surface area contributed by atoms with Gasteiger partial charge in [0.2, 0.25) is 0 Å². The molecule has 0 bridgehead atoms. The maximum Gasteiger partial charge on any atom is 0.339 e. The van der Waals surface area contributed by atoms with E-state index >= 15 is 0 Å². The van der Waals surface area contributed by atoms with E-state index in [1.807, 2.05) is 0 Å². The lowest BCUT2D eigenvalue weighted by atomic mass is 10.2. The monoisotopic (exact) mass is 175 g/mol. The zero-order chi connectivity index (χ0) is 8.48. The van der Waals surface area contributed by atoms with Gasteiger partial charge in [-0.05, 0) is 0 Å². The Balaban J connectivity index is 2.87. The standard InChI is InChI=1S/C6H9NO3S/c1-3-6-4-5-10-11(8,9)7(6)2/h1,6H,4-5H2,2H3. The fourth-order valence-electron chi connectivity index (χ4n) is 0.874. The van der Waals surface area contributed by atoms with Crippen molar-refractivity contribution in [1.82, 2.24) is 4.31 Å². The lowest BCUT2D eigenvalue weighted by molar-refractivity contribution is 0.208. The average molecular weight is 175 g/mol. The molecule has 1 atom stereocenters. The predicted octanol–water partition coefficient (Wildman–Crippen LogP) is -0.415. The molecule has 1 heterocycles. The van der Waals surface area contributed by atoms with Gasteiger partial charge >= 0.3 is 10.3 Å². The van der Waals surface area contributed by atoms with Crippen molar-refractivity contribution in [2.45, 2.75) is 12.5 Å². The molecule has 0 aromatic heterocycles. The number of rotatable bonds is 0. The van der Waals surface area contributed by atoms with Crippen molar-refractivity contribution in [1.29, 1.82) is 0 Å². The molecule has 0 radical (unpaired) electrons. The first-order chi connectivity index (χ1) is 5.08. The second-order valence-electron chi connectivity index (χ2n) is 2.27. The van der Waals surface area contributed by atoms with E-state index in [0.717, 1.165) is 4.31 Å². The van der Waals surface area contributed by atoms with Gasteiger partial charge in [0, 0.05) is 13.5 Å². The molecule has 1 aliphatic rings. The summed E-state index contributed by atoms with van der Waals surface area (Å²) >= 11 is 0. The Bertz CT molecular complexity index is 277. The Labute approximate surface area is 66.4 Å². The van der Waals surface area contributed by atoms with Gasteiger partial charge < -0.3 is 0 Å². The molecule has 1 fully saturated rings. The molecule has 11 heavy (non-hydrogen) atoms. The van der Waals surface area contributed by atoms with Gasteiger partial charge in [-0.25, -0.2) is 0 Å². The molecule has 0 amide bonds. The lowest BCUT2D eigenvalue weighted by Gasteiger charge is -2.27. The molecule has 5 heteroatoms. The molecule has 0 aromatic carbocycles. The summed E-state index contributed by atoms with van der Waals surface area (Å²) in [6, 6.07) is -0.353. The van der Waals surface area contributed by atoms with E-state index in [1.165, 1.54) is 7.05 Å². The third-order valence-electron chi connectivity index (χ3n) is 1.61. The molecule has 1 saturated heterocycles. The van der Waals surface area contributed by atoms with E-state index in [0.29, 0.717) is 6.42 Å². The van der Waals surface area contributed by atoms with Crippen molar-refractivity contribution in [3.63, 3.8) is 0 Å². The topological polar surface area (TPSA) is 46.6 Å². The molecule has 0 aromatic rings. The van der Waals surface area contributed by atoms with Crippen molar-refractivity contribution in [2.24, 2.45) is 0 Å². The SMILES string of the molecule is C#CC1CCOS(=O)(=O)N1C. The first kappa shape index (κ1) is 8.53. The van der Waals surface area contributed by atoms with Crippen molar-refractivity contribution in [2.75, 3.05) is 13.7 Å². The highest BCUT2D eigenvalue weighted by Crippen LogP contribution is 2.15. The van der Waals surface area contributed by atoms with Crippen LogP contribution in [0.5, 0.6) is 0 Å². The number of hydrogen-bond acceptors (Lipinski definition) is 3. The summed E-state index contributed by atoms with van der Waals surface area (Å²) in [5.41, 5.74) is 0. The fraction of sp³-hybridized carbons (Fsp3) is 0.667. The van der Waals surface area contributed by atoms with E-state index in [1.54, 1.807) is 0 Å². The largest absolute Gasteiger partial charge is 0.339 e. The first-order valence-corrected chi connectivity index (χ1v) is 4.53. The van der Waals surface area contributed by atoms with E-state index in [2.05, 4.69) is 10.1 Å². The molecule has 0 aliphatic carbocycles. The van der Waals surface area contributed by atoms with Crippen LogP contribution in [0, 0.1) is 12.3 Å². The van der Waals surface area contributed by atoms with Gasteiger partial charge in [-0.1, -0.05) is 5.92 Å². The normalized spacial score (nSPS) is 31.1. The average Bonchev–Trinajstić information content (AvgIpc) is 1.95. The van der Waals surface area contributed by atoms with Gasteiger partial charge in [-0.15, -0.1) is 6.42 Å². The third-order valence-corrected chi connectivity index (χ3v) is 3.03. The van der Waals surface area contributed by atoms with E-state index < -0.39 is 10.3 Å². The minimum Gasteiger partial charge on any atom is -0.258 e. The highest BCUT2D eigenvalue weighted by atomic mass is 32.2. The molecule has 62 valence electrons. The highest BCUT2D eigenvalue weighted by molar-refractivity contribution is 7.84. The summed E-state index contributed by atoms with van der Waals surface area (Å²) in [5.74, 6) is 2.38. The van der Waals surface area contributed by atoms with E-state index in [-0.39, 0.29) is 12.6 Å². The first-order valence-electron chi connectivity index (χ1n) is 3.16. The fourth-order valence-corrected chi connectivity index (χ4v) is 1.83. The lowest BCUT2D eigenvalue weighted by Crippen LogP contribution is -2.42. The molecule has 4 nitrogen and oxygen atoms in total.